The van der Waals surface area contributed by atoms with Gasteiger partial charge in [-0.05, 0) is 51.5 Å². The smallest absolute Gasteiger partial charge is 0.247 e. The molecular formula is C23H28FNO2. The van der Waals surface area contributed by atoms with Crippen LogP contribution in [0.25, 0.3) is 0 Å². The summed E-state index contributed by atoms with van der Waals surface area (Å²) in [5.74, 6) is 5.25. The molecule has 0 saturated carbocycles. The second-order valence-corrected chi connectivity index (χ2v) is 6.88. The molecule has 144 valence electrons. The average molecular weight is 369 g/mol. The van der Waals surface area contributed by atoms with Gasteiger partial charge in [0.2, 0.25) is 5.91 Å². The lowest BCUT2D eigenvalue weighted by Gasteiger charge is -2.27. The molecule has 0 aliphatic heterocycles. The molecule has 1 unspecified atom stereocenters. The van der Waals surface area contributed by atoms with Gasteiger partial charge in [0.15, 0.2) is 0 Å². The van der Waals surface area contributed by atoms with Crippen LogP contribution in [-0.2, 0) is 4.79 Å². The number of hydrogen-bond donors (Lipinski definition) is 2. The van der Waals surface area contributed by atoms with E-state index in [1.807, 2.05) is 6.92 Å². The number of hydrogen-bond acceptors (Lipinski definition) is 2. The third-order valence-electron chi connectivity index (χ3n) is 4.08. The Morgan fingerprint density at radius 3 is 2.67 bits per heavy atom. The third kappa shape index (κ3) is 8.06. The molecule has 0 heterocycles. The molecule has 0 aliphatic rings. The Bertz CT molecular complexity index is 789. The van der Waals surface area contributed by atoms with E-state index < -0.39 is 5.60 Å². The summed E-state index contributed by atoms with van der Waals surface area (Å²) in [4.78, 5) is 12.5. The van der Waals surface area contributed by atoms with E-state index in [-0.39, 0.29) is 17.8 Å². The van der Waals surface area contributed by atoms with Crippen LogP contribution < -0.4 is 5.32 Å². The molecule has 3 nitrogen and oxygen atoms in total. The van der Waals surface area contributed by atoms with Crippen molar-refractivity contribution in [3.8, 4) is 11.8 Å². The lowest BCUT2D eigenvalue weighted by Crippen LogP contribution is -2.47. The number of carbonyl (C=O) groups excluding carboxylic acids is 1. The predicted molar refractivity (Wildman–Crippen MR) is 108 cm³/mol. The Balaban J connectivity index is 3.02. The summed E-state index contributed by atoms with van der Waals surface area (Å²) in [7, 11) is 0. The van der Waals surface area contributed by atoms with Gasteiger partial charge in [-0.2, -0.15) is 0 Å². The van der Waals surface area contributed by atoms with Crippen molar-refractivity contribution in [1.82, 2.24) is 5.32 Å². The minimum absolute atomic E-state index is 0.218. The molecule has 2 N–H and O–H groups in total. The number of carbonyl (C=O) groups is 1. The van der Waals surface area contributed by atoms with Gasteiger partial charge in [0.25, 0.3) is 0 Å². The summed E-state index contributed by atoms with van der Waals surface area (Å²) in [6.07, 6.45) is 6.43. The summed E-state index contributed by atoms with van der Waals surface area (Å²) in [6, 6.07) is 5.66. The van der Waals surface area contributed by atoms with Gasteiger partial charge in [0, 0.05) is 16.7 Å². The van der Waals surface area contributed by atoms with E-state index in [1.165, 1.54) is 12.1 Å². The van der Waals surface area contributed by atoms with Crippen molar-refractivity contribution < 1.29 is 14.3 Å². The number of rotatable bonds is 7. The summed E-state index contributed by atoms with van der Waals surface area (Å²) in [6.45, 7) is 10.8. The summed E-state index contributed by atoms with van der Waals surface area (Å²) < 4.78 is 13.2. The summed E-state index contributed by atoms with van der Waals surface area (Å²) in [5, 5.41) is 12.8. The van der Waals surface area contributed by atoms with Crippen LogP contribution in [0.4, 0.5) is 4.39 Å². The van der Waals surface area contributed by atoms with Crippen LogP contribution in [0.15, 0.2) is 60.2 Å². The minimum atomic E-state index is -1.01. The molecule has 0 aromatic heterocycles. The number of amides is 1. The van der Waals surface area contributed by atoms with Crippen LogP contribution in [0, 0.1) is 17.7 Å². The van der Waals surface area contributed by atoms with E-state index in [4.69, 9.17) is 0 Å². The molecule has 0 fully saturated rings. The van der Waals surface area contributed by atoms with Crippen molar-refractivity contribution in [1.29, 1.82) is 0 Å². The van der Waals surface area contributed by atoms with Crippen LogP contribution in [0.2, 0.25) is 0 Å². The van der Waals surface area contributed by atoms with Crippen molar-refractivity contribution in [2.24, 2.45) is 0 Å². The Morgan fingerprint density at radius 1 is 1.41 bits per heavy atom. The van der Waals surface area contributed by atoms with Gasteiger partial charge in [0.05, 0.1) is 11.6 Å². The molecule has 0 aliphatic carbocycles. The van der Waals surface area contributed by atoms with Crippen molar-refractivity contribution in [3.63, 3.8) is 0 Å². The second-order valence-electron chi connectivity index (χ2n) is 6.88. The van der Waals surface area contributed by atoms with Crippen molar-refractivity contribution in [2.75, 3.05) is 0 Å². The van der Waals surface area contributed by atoms with Gasteiger partial charge in [-0.1, -0.05) is 50.0 Å². The molecule has 4 heteroatoms. The van der Waals surface area contributed by atoms with Crippen LogP contribution >= 0.6 is 0 Å². The molecule has 0 spiro atoms. The third-order valence-corrected chi connectivity index (χ3v) is 4.08. The normalized spacial score (nSPS) is 13.4. The van der Waals surface area contributed by atoms with E-state index in [0.29, 0.717) is 23.1 Å². The first kappa shape index (κ1) is 22.4. The number of nitrogens with one attached hydrogen (secondary N) is 1. The highest BCUT2D eigenvalue weighted by Gasteiger charge is 2.24. The Morgan fingerprint density at radius 2 is 2.11 bits per heavy atom. The highest BCUT2D eigenvalue weighted by molar-refractivity contribution is 5.94. The molecule has 0 bridgehead atoms. The van der Waals surface area contributed by atoms with Crippen LogP contribution in [0.1, 0.15) is 46.1 Å². The fraction of sp³-hybridized carbons (Fsp3) is 0.348. The molecular weight excluding hydrogens is 341 g/mol. The average Bonchev–Trinajstić information content (AvgIpc) is 2.59. The molecule has 0 radical (unpaired) electrons. The van der Waals surface area contributed by atoms with Gasteiger partial charge >= 0.3 is 0 Å². The first-order chi connectivity index (χ1) is 12.7. The first-order valence-corrected chi connectivity index (χ1v) is 9.01. The highest BCUT2D eigenvalue weighted by atomic mass is 19.1. The molecule has 1 aromatic rings. The van der Waals surface area contributed by atoms with Gasteiger partial charge in [-0.25, -0.2) is 4.39 Å². The topological polar surface area (TPSA) is 49.3 Å². The first-order valence-electron chi connectivity index (χ1n) is 9.01. The van der Waals surface area contributed by atoms with E-state index in [9.17, 15) is 14.3 Å². The van der Waals surface area contributed by atoms with Gasteiger partial charge in [-0.15, -0.1) is 0 Å². The molecule has 1 aromatic carbocycles. The van der Waals surface area contributed by atoms with Crippen LogP contribution in [0.5, 0.6) is 0 Å². The Labute approximate surface area is 161 Å². The van der Waals surface area contributed by atoms with E-state index in [2.05, 4.69) is 23.7 Å². The zero-order valence-corrected chi connectivity index (χ0v) is 16.5. The van der Waals surface area contributed by atoms with Gasteiger partial charge in [-0.3, -0.25) is 4.79 Å². The molecule has 27 heavy (non-hydrogen) atoms. The predicted octanol–water partition coefficient (Wildman–Crippen LogP) is 4.29. The zero-order chi connectivity index (χ0) is 20.4. The van der Waals surface area contributed by atoms with Crippen LogP contribution in [-0.4, -0.2) is 22.7 Å². The van der Waals surface area contributed by atoms with Crippen molar-refractivity contribution in [3.05, 3.63) is 71.6 Å². The highest BCUT2D eigenvalue weighted by Crippen LogP contribution is 2.12. The van der Waals surface area contributed by atoms with Crippen molar-refractivity contribution in [2.45, 2.75) is 52.2 Å². The molecule has 0 saturated heterocycles. The Hall–Kier alpha value is -2.64. The lowest BCUT2D eigenvalue weighted by molar-refractivity contribution is -0.119. The van der Waals surface area contributed by atoms with E-state index in [0.717, 1.165) is 6.42 Å². The summed E-state index contributed by atoms with van der Waals surface area (Å²) in [5.41, 5.74) is 0.778. The molecule has 1 amide bonds. The molecule has 1 atom stereocenters. The number of halogens is 1. The SMILES string of the molecule is C=CC(C#Cc1cccc(F)c1)=CC=C(CCC)C(=O)NC(C)C(C)(C)O. The maximum absolute atomic E-state index is 13.2. The minimum Gasteiger partial charge on any atom is -0.388 e. The largest absolute Gasteiger partial charge is 0.388 e. The fourth-order valence-corrected chi connectivity index (χ4v) is 2.07. The number of benzene rings is 1. The monoisotopic (exact) mass is 369 g/mol. The number of allylic oxidation sites excluding steroid dienone is 4. The zero-order valence-electron chi connectivity index (χ0n) is 16.5. The molecule has 1 rings (SSSR count). The summed E-state index contributed by atoms with van der Waals surface area (Å²) >= 11 is 0. The van der Waals surface area contributed by atoms with Crippen molar-refractivity contribution >= 4 is 5.91 Å². The lowest BCUT2D eigenvalue weighted by atomic mass is 10.00. The standard InChI is InChI=1S/C23H28FNO2/c1-6-9-20(22(26)25-17(3)23(4,5)27)15-14-18(7-2)12-13-19-10-8-11-21(24)16-19/h7-8,10-11,14-17,27H,2,6,9H2,1,3-5H3,(H,25,26). The van der Waals surface area contributed by atoms with Gasteiger partial charge < -0.3 is 10.4 Å². The maximum Gasteiger partial charge on any atom is 0.247 e. The Kier molecular flexibility index (Phi) is 8.71. The van der Waals surface area contributed by atoms with E-state index >= 15 is 0 Å². The van der Waals surface area contributed by atoms with Gasteiger partial charge in [0.1, 0.15) is 5.82 Å². The second kappa shape index (κ2) is 10.5. The van der Waals surface area contributed by atoms with E-state index in [1.54, 1.807) is 51.1 Å². The van der Waals surface area contributed by atoms with Crippen LogP contribution in [0.3, 0.4) is 0 Å². The number of aliphatic hydroxyl groups is 1. The quantitative estimate of drug-likeness (QED) is 0.428. The fourth-order valence-electron chi connectivity index (χ4n) is 2.07. The maximum atomic E-state index is 13.2.